The number of hydrogen-bond donors (Lipinski definition) is 0. The van der Waals surface area contributed by atoms with Crippen LogP contribution in [-0.4, -0.2) is 12.5 Å². The molecule has 1 amide bonds. The van der Waals surface area contributed by atoms with Gasteiger partial charge in [-0.3, -0.25) is 4.79 Å². The fraction of sp³-hybridized carbons (Fsp3) is 0.333. The van der Waals surface area contributed by atoms with Gasteiger partial charge in [-0.2, -0.15) is 5.26 Å². The lowest BCUT2D eigenvalue weighted by molar-refractivity contribution is -0.118. The number of amides is 1. The van der Waals surface area contributed by atoms with Crippen LogP contribution in [0.4, 0.5) is 5.69 Å². The van der Waals surface area contributed by atoms with Gasteiger partial charge in [-0.15, -0.1) is 0 Å². The van der Waals surface area contributed by atoms with Gasteiger partial charge in [-0.1, -0.05) is 0 Å². The molecule has 74 valence electrons. The Morgan fingerprint density at radius 2 is 1.93 bits per heavy atom. The Hall–Kier alpha value is -1.82. The number of benzene rings is 1. The van der Waals surface area contributed by atoms with Gasteiger partial charge in [0.05, 0.1) is 17.3 Å². The van der Waals surface area contributed by atoms with Gasteiger partial charge in [0, 0.05) is 13.0 Å². The first kappa shape index (κ1) is 8.49. The Kier molecular flexibility index (Phi) is 1.60. The third-order valence-electron chi connectivity index (χ3n) is 3.18. The molecule has 2 heterocycles. The predicted octanol–water partition coefficient (Wildman–Crippen LogP) is 1.39. The minimum absolute atomic E-state index is 0.228. The normalized spacial score (nSPS) is 17.5. The Balaban J connectivity index is 2.23. The lowest BCUT2D eigenvalue weighted by atomic mass is 9.97. The molecular formula is C12H10N2O. The topological polar surface area (TPSA) is 44.1 Å². The molecule has 3 rings (SSSR count). The average Bonchev–Trinajstić information content (AvgIpc) is 2.68. The van der Waals surface area contributed by atoms with Gasteiger partial charge < -0.3 is 4.90 Å². The minimum Gasteiger partial charge on any atom is -0.312 e. The van der Waals surface area contributed by atoms with Gasteiger partial charge in [-0.05, 0) is 36.1 Å². The maximum Gasteiger partial charge on any atom is 0.227 e. The third-order valence-corrected chi connectivity index (χ3v) is 3.18. The fourth-order valence-corrected chi connectivity index (χ4v) is 2.52. The fourth-order valence-electron chi connectivity index (χ4n) is 2.52. The number of carbonyl (C=O) groups is 1. The Morgan fingerprint density at radius 3 is 2.67 bits per heavy atom. The average molecular weight is 198 g/mol. The summed E-state index contributed by atoms with van der Waals surface area (Å²) in [5.41, 5.74) is 4.14. The van der Waals surface area contributed by atoms with Gasteiger partial charge in [-0.25, -0.2) is 0 Å². The molecule has 15 heavy (non-hydrogen) atoms. The molecule has 0 N–H and O–H groups in total. The van der Waals surface area contributed by atoms with Gasteiger partial charge in [0.1, 0.15) is 0 Å². The SMILES string of the molecule is N#Cc1cc2c3c(c1)CCN3C(=O)CC2. The number of nitriles is 1. The predicted molar refractivity (Wildman–Crippen MR) is 55.5 cm³/mol. The lowest BCUT2D eigenvalue weighted by Crippen LogP contribution is -2.32. The van der Waals surface area contributed by atoms with Crippen LogP contribution in [-0.2, 0) is 17.6 Å². The van der Waals surface area contributed by atoms with Crippen molar-refractivity contribution in [1.82, 2.24) is 0 Å². The van der Waals surface area contributed by atoms with Crippen molar-refractivity contribution in [1.29, 1.82) is 5.26 Å². The molecule has 1 aromatic rings. The second kappa shape index (κ2) is 2.83. The molecule has 2 aliphatic rings. The summed E-state index contributed by atoms with van der Waals surface area (Å²) in [6.45, 7) is 0.788. The molecule has 0 bridgehead atoms. The molecular weight excluding hydrogens is 188 g/mol. The summed E-state index contributed by atoms with van der Waals surface area (Å²) in [5, 5.41) is 8.89. The largest absolute Gasteiger partial charge is 0.312 e. The molecule has 1 aromatic carbocycles. The number of nitrogens with zero attached hydrogens (tertiary/aromatic N) is 2. The molecule has 0 atom stereocenters. The first-order chi connectivity index (χ1) is 7.29. The quantitative estimate of drug-likeness (QED) is 0.632. The summed E-state index contributed by atoms with van der Waals surface area (Å²) in [4.78, 5) is 13.5. The van der Waals surface area contributed by atoms with E-state index in [1.165, 1.54) is 5.56 Å². The zero-order valence-electron chi connectivity index (χ0n) is 8.29. The Bertz CT molecular complexity index is 499. The molecule has 3 heteroatoms. The van der Waals surface area contributed by atoms with Crippen LogP contribution in [0.15, 0.2) is 12.1 Å². The van der Waals surface area contributed by atoms with E-state index >= 15 is 0 Å². The minimum atomic E-state index is 0.228. The molecule has 0 fully saturated rings. The summed E-state index contributed by atoms with van der Waals surface area (Å²) in [6.07, 6.45) is 2.26. The molecule has 0 spiro atoms. The molecule has 0 radical (unpaired) electrons. The van der Waals surface area contributed by atoms with E-state index < -0.39 is 0 Å². The van der Waals surface area contributed by atoms with E-state index in [1.807, 2.05) is 17.0 Å². The Morgan fingerprint density at radius 1 is 1.20 bits per heavy atom. The number of aryl methyl sites for hydroxylation is 1. The first-order valence-electron chi connectivity index (χ1n) is 5.16. The van der Waals surface area contributed by atoms with Gasteiger partial charge >= 0.3 is 0 Å². The van der Waals surface area contributed by atoms with E-state index in [9.17, 15) is 4.79 Å². The summed E-state index contributed by atoms with van der Waals surface area (Å²) < 4.78 is 0. The number of rotatable bonds is 0. The standard InChI is InChI=1S/C12H10N2O/c13-7-8-5-9-1-2-11(15)14-4-3-10(6-8)12(9)14/h5-6H,1-4H2. The second-order valence-electron chi connectivity index (χ2n) is 4.05. The number of carbonyl (C=O) groups excluding carboxylic acids is 1. The van der Waals surface area contributed by atoms with Crippen molar-refractivity contribution in [3.63, 3.8) is 0 Å². The number of anilines is 1. The second-order valence-corrected chi connectivity index (χ2v) is 4.05. The van der Waals surface area contributed by atoms with Crippen LogP contribution < -0.4 is 4.90 Å². The van der Waals surface area contributed by atoms with E-state index in [0.717, 1.165) is 36.2 Å². The smallest absolute Gasteiger partial charge is 0.227 e. The molecule has 0 aromatic heterocycles. The van der Waals surface area contributed by atoms with Gasteiger partial charge in [0.15, 0.2) is 0 Å². The van der Waals surface area contributed by atoms with Crippen molar-refractivity contribution in [2.24, 2.45) is 0 Å². The van der Waals surface area contributed by atoms with Crippen LogP contribution in [0.2, 0.25) is 0 Å². The van der Waals surface area contributed by atoms with Crippen molar-refractivity contribution in [3.05, 3.63) is 28.8 Å². The summed E-state index contributed by atoms with van der Waals surface area (Å²) in [6, 6.07) is 6.01. The highest BCUT2D eigenvalue weighted by atomic mass is 16.2. The third kappa shape index (κ3) is 1.08. The van der Waals surface area contributed by atoms with Gasteiger partial charge in [0.2, 0.25) is 5.91 Å². The van der Waals surface area contributed by atoms with Crippen LogP contribution >= 0.6 is 0 Å². The molecule has 0 aliphatic carbocycles. The van der Waals surface area contributed by atoms with Crippen molar-refractivity contribution in [2.75, 3.05) is 11.4 Å². The van der Waals surface area contributed by atoms with Crippen molar-refractivity contribution in [2.45, 2.75) is 19.3 Å². The van der Waals surface area contributed by atoms with Crippen LogP contribution in [0.25, 0.3) is 0 Å². The van der Waals surface area contributed by atoms with Crippen LogP contribution in [0.3, 0.4) is 0 Å². The number of hydrogen-bond acceptors (Lipinski definition) is 2. The van der Waals surface area contributed by atoms with Gasteiger partial charge in [0.25, 0.3) is 0 Å². The monoisotopic (exact) mass is 198 g/mol. The molecule has 0 saturated heterocycles. The van der Waals surface area contributed by atoms with Crippen LogP contribution in [0.5, 0.6) is 0 Å². The van der Waals surface area contributed by atoms with E-state index in [-0.39, 0.29) is 5.91 Å². The summed E-state index contributed by atoms with van der Waals surface area (Å²) in [7, 11) is 0. The van der Waals surface area contributed by atoms with Crippen LogP contribution in [0, 0.1) is 11.3 Å². The molecule has 2 aliphatic heterocycles. The van der Waals surface area contributed by atoms with E-state index in [4.69, 9.17) is 5.26 Å². The maximum absolute atomic E-state index is 11.6. The molecule has 3 nitrogen and oxygen atoms in total. The highest BCUT2D eigenvalue weighted by molar-refractivity contribution is 5.98. The van der Waals surface area contributed by atoms with E-state index in [2.05, 4.69) is 6.07 Å². The highest BCUT2D eigenvalue weighted by Gasteiger charge is 2.31. The van der Waals surface area contributed by atoms with Crippen molar-refractivity contribution >= 4 is 11.6 Å². The summed E-state index contributed by atoms with van der Waals surface area (Å²) >= 11 is 0. The van der Waals surface area contributed by atoms with Crippen molar-refractivity contribution < 1.29 is 4.79 Å². The first-order valence-corrected chi connectivity index (χ1v) is 5.16. The van der Waals surface area contributed by atoms with E-state index in [1.54, 1.807) is 0 Å². The van der Waals surface area contributed by atoms with E-state index in [0.29, 0.717) is 6.42 Å². The molecule has 0 saturated carbocycles. The maximum atomic E-state index is 11.6. The molecule has 0 unspecified atom stereocenters. The summed E-state index contributed by atoms with van der Waals surface area (Å²) in [5.74, 6) is 0.228. The lowest BCUT2D eigenvalue weighted by Gasteiger charge is -2.25. The Labute approximate surface area is 87.9 Å². The van der Waals surface area contributed by atoms with Crippen LogP contribution in [0.1, 0.15) is 23.1 Å². The zero-order chi connectivity index (χ0) is 10.4. The van der Waals surface area contributed by atoms with Crippen molar-refractivity contribution in [3.8, 4) is 6.07 Å². The highest BCUT2D eigenvalue weighted by Crippen LogP contribution is 2.37. The zero-order valence-corrected chi connectivity index (χ0v) is 8.29.